The fraction of sp³-hybridized carbons (Fsp3) is 0.517. The largest absolute Gasteiger partial charge is 0.370 e. The summed E-state index contributed by atoms with van der Waals surface area (Å²) in [5.41, 5.74) is 5.49. The Kier molecular flexibility index (Phi) is 6.39. The number of likely N-dealkylation sites (tertiary alicyclic amines) is 1. The SMILES string of the molecule is C[C@@H]1Cc2c([nH]c3ccccc23)C(c2ccc(N3CCC4(CCN(C=O)CC4)CC3)cn2)N1CC(F)F. The summed E-state index contributed by atoms with van der Waals surface area (Å²) in [7, 11) is 0. The van der Waals surface area contributed by atoms with Crippen LogP contribution in [0.25, 0.3) is 10.9 Å². The first-order valence-corrected chi connectivity index (χ1v) is 13.5. The molecule has 6 rings (SSSR count). The highest BCUT2D eigenvalue weighted by Crippen LogP contribution is 2.43. The number of hydrogen-bond donors (Lipinski definition) is 1. The van der Waals surface area contributed by atoms with E-state index in [-0.39, 0.29) is 18.6 Å². The average molecular weight is 508 g/mol. The molecule has 3 aromatic rings. The lowest BCUT2D eigenvalue weighted by Crippen LogP contribution is -2.46. The van der Waals surface area contributed by atoms with Gasteiger partial charge in [0.1, 0.15) is 0 Å². The van der Waals surface area contributed by atoms with Crippen LogP contribution in [0.15, 0.2) is 42.6 Å². The van der Waals surface area contributed by atoms with Crippen LogP contribution in [-0.2, 0) is 11.2 Å². The number of para-hydroxylation sites is 1. The van der Waals surface area contributed by atoms with Crippen LogP contribution in [0.4, 0.5) is 14.5 Å². The number of hydrogen-bond acceptors (Lipinski definition) is 4. The number of halogens is 2. The zero-order chi connectivity index (χ0) is 25.6. The lowest BCUT2D eigenvalue weighted by Gasteiger charge is -2.46. The van der Waals surface area contributed by atoms with Crippen LogP contribution >= 0.6 is 0 Å². The molecular formula is C29H35F2N5O. The Bertz CT molecular complexity index is 1240. The van der Waals surface area contributed by atoms with E-state index in [4.69, 9.17) is 4.98 Å². The van der Waals surface area contributed by atoms with Crippen molar-refractivity contribution in [3.05, 3.63) is 59.5 Å². The number of anilines is 1. The normalized spacial score (nSPS) is 24.1. The van der Waals surface area contributed by atoms with Gasteiger partial charge >= 0.3 is 0 Å². The number of nitrogens with zero attached hydrogens (tertiary/aromatic N) is 4. The number of pyridine rings is 1. The van der Waals surface area contributed by atoms with E-state index in [1.807, 2.05) is 41.1 Å². The average Bonchev–Trinajstić information content (AvgIpc) is 3.28. The molecule has 196 valence electrons. The number of alkyl halides is 2. The minimum absolute atomic E-state index is 0.0175. The molecule has 37 heavy (non-hydrogen) atoms. The number of benzene rings is 1. The van der Waals surface area contributed by atoms with Crippen LogP contribution in [0.1, 0.15) is 55.6 Å². The van der Waals surface area contributed by atoms with Crippen LogP contribution in [0.2, 0.25) is 0 Å². The minimum atomic E-state index is -2.41. The Labute approximate surface area is 216 Å². The van der Waals surface area contributed by atoms with Crippen molar-refractivity contribution in [1.82, 2.24) is 19.8 Å². The summed E-state index contributed by atoms with van der Waals surface area (Å²) in [5.74, 6) is 0. The second-order valence-corrected chi connectivity index (χ2v) is 11.2. The van der Waals surface area contributed by atoms with E-state index in [1.165, 1.54) is 10.9 Å². The predicted molar refractivity (Wildman–Crippen MR) is 141 cm³/mol. The fourth-order valence-electron chi connectivity index (χ4n) is 6.86. The first-order chi connectivity index (χ1) is 18.0. The molecule has 2 atom stereocenters. The van der Waals surface area contributed by atoms with Gasteiger partial charge in [0.2, 0.25) is 6.41 Å². The Hall–Kier alpha value is -3.00. The number of H-pyrrole nitrogens is 1. The van der Waals surface area contributed by atoms with Gasteiger partial charge in [-0.3, -0.25) is 14.7 Å². The van der Waals surface area contributed by atoms with Crippen molar-refractivity contribution >= 4 is 23.0 Å². The monoisotopic (exact) mass is 507 g/mol. The number of fused-ring (bicyclic) bond motifs is 3. The molecule has 5 heterocycles. The molecule has 3 aliphatic heterocycles. The molecule has 3 aliphatic rings. The van der Waals surface area contributed by atoms with E-state index in [0.29, 0.717) is 5.41 Å². The van der Waals surface area contributed by atoms with E-state index in [2.05, 4.69) is 28.1 Å². The van der Waals surface area contributed by atoms with Gasteiger partial charge in [-0.1, -0.05) is 18.2 Å². The van der Waals surface area contributed by atoms with Crippen LogP contribution in [0.3, 0.4) is 0 Å². The topological polar surface area (TPSA) is 55.5 Å². The molecule has 0 bridgehead atoms. The van der Waals surface area contributed by atoms with Crippen LogP contribution in [0, 0.1) is 5.41 Å². The Morgan fingerprint density at radius 2 is 1.81 bits per heavy atom. The molecule has 1 spiro atoms. The van der Waals surface area contributed by atoms with Gasteiger partial charge in [-0.25, -0.2) is 8.78 Å². The number of carbonyl (C=O) groups excluding carboxylic acids is 1. The van der Waals surface area contributed by atoms with Gasteiger partial charge in [0.25, 0.3) is 6.43 Å². The summed E-state index contributed by atoms with van der Waals surface area (Å²) in [4.78, 5) is 25.7. The number of amides is 1. The maximum absolute atomic E-state index is 13.7. The molecule has 2 aromatic heterocycles. The van der Waals surface area contributed by atoms with Gasteiger partial charge in [-0.2, -0.15) is 0 Å². The lowest BCUT2D eigenvalue weighted by molar-refractivity contribution is -0.120. The van der Waals surface area contributed by atoms with Gasteiger partial charge in [0, 0.05) is 48.8 Å². The highest BCUT2D eigenvalue weighted by molar-refractivity contribution is 5.85. The lowest BCUT2D eigenvalue weighted by atomic mass is 9.71. The molecule has 1 aromatic carbocycles. The molecule has 8 heteroatoms. The predicted octanol–water partition coefficient (Wildman–Crippen LogP) is 5.00. The Morgan fingerprint density at radius 1 is 1.08 bits per heavy atom. The standard InChI is InChI=1S/C29H35F2N5O/c1-20-16-23-22-4-2-3-5-24(22)33-27(23)28(36(20)18-26(30)31)25-7-6-21(17-32-25)35-14-10-29(11-15-35)8-12-34(19-37)13-9-29/h2-7,17,19-20,26,28,33H,8-16,18H2,1H3/t20-,28?/m1/s1. The Morgan fingerprint density at radius 3 is 2.49 bits per heavy atom. The van der Waals surface area contributed by atoms with Crippen molar-refractivity contribution in [3.8, 4) is 0 Å². The van der Waals surface area contributed by atoms with E-state index < -0.39 is 6.43 Å². The molecule has 1 amide bonds. The number of carbonyl (C=O) groups is 1. The Balaban J connectivity index is 1.24. The van der Waals surface area contributed by atoms with E-state index in [1.54, 1.807) is 0 Å². The first kappa shape index (κ1) is 24.3. The highest BCUT2D eigenvalue weighted by atomic mass is 19.3. The van der Waals surface area contributed by atoms with Crippen LogP contribution < -0.4 is 4.90 Å². The van der Waals surface area contributed by atoms with Gasteiger partial charge in [0.05, 0.1) is 30.2 Å². The molecule has 0 aliphatic carbocycles. The number of rotatable bonds is 5. The van der Waals surface area contributed by atoms with Crippen LogP contribution in [0.5, 0.6) is 0 Å². The van der Waals surface area contributed by atoms with Gasteiger partial charge in [-0.05, 0) is 68.2 Å². The van der Waals surface area contributed by atoms with Crippen molar-refractivity contribution in [2.24, 2.45) is 5.41 Å². The van der Waals surface area contributed by atoms with Crippen molar-refractivity contribution in [2.75, 3.05) is 37.6 Å². The number of nitrogens with one attached hydrogen (secondary N) is 1. The third kappa shape index (κ3) is 4.49. The second kappa shape index (κ2) is 9.71. The number of aromatic amines is 1. The summed E-state index contributed by atoms with van der Waals surface area (Å²) < 4.78 is 27.3. The summed E-state index contributed by atoms with van der Waals surface area (Å²) in [6.45, 7) is 5.45. The molecule has 2 fully saturated rings. The second-order valence-electron chi connectivity index (χ2n) is 11.2. The molecule has 6 nitrogen and oxygen atoms in total. The first-order valence-electron chi connectivity index (χ1n) is 13.5. The number of aromatic nitrogens is 2. The molecule has 1 N–H and O–H groups in total. The summed E-state index contributed by atoms with van der Waals surface area (Å²) in [5, 5.41) is 1.17. The van der Waals surface area contributed by atoms with E-state index in [9.17, 15) is 13.6 Å². The summed E-state index contributed by atoms with van der Waals surface area (Å²) >= 11 is 0. The van der Waals surface area contributed by atoms with E-state index >= 15 is 0 Å². The van der Waals surface area contributed by atoms with Crippen molar-refractivity contribution in [3.63, 3.8) is 0 Å². The summed E-state index contributed by atoms with van der Waals surface area (Å²) in [6, 6.07) is 12.0. The van der Waals surface area contributed by atoms with Gasteiger partial charge < -0.3 is 14.8 Å². The van der Waals surface area contributed by atoms with Crippen molar-refractivity contribution in [1.29, 1.82) is 0 Å². The zero-order valence-electron chi connectivity index (χ0n) is 21.4. The highest BCUT2D eigenvalue weighted by Gasteiger charge is 2.39. The van der Waals surface area contributed by atoms with Gasteiger partial charge in [0.15, 0.2) is 0 Å². The van der Waals surface area contributed by atoms with E-state index in [0.717, 1.165) is 87.3 Å². The zero-order valence-corrected chi connectivity index (χ0v) is 21.4. The minimum Gasteiger partial charge on any atom is -0.370 e. The fourth-order valence-corrected chi connectivity index (χ4v) is 6.86. The molecule has 0 radical (unpaired) electrons. The van der Waals surface area contributed by atoms with Gasteiger partial charge in [-0.15, -0.1) is 0 Å². The third-order valence-electron chi connectivity index (χ3n) is 9.11. The quantitative estimate of drug-likeness (QED) is 0.494. The molecular weight excluding hydrogens is 472 g/mol. The van der Waals surface area contributed by atoms with Crippen molar-refractivity contribution < 1.29 is 13.6 Å². The van der Waals surface area contributed by atoms with Crippen molar-refractivity contribution in [2.45, 2.75) is 57.5 Å². The molecule has 0 saturated carbocycles. The number of piperidine rings is 2. The maximum atomic E-state index is 13.7. The molecule has 2 saturated heterocycles. The smallest absolute Gasteiger partial charge is 0.251 e. The molecule has 1 unspecified atom stereocenters. The van der Waals surface area contributed by atoms with Crippen LogP contribution in [-0.4, -0.2) is 71.4 Å². The summed E-state index contributed by atoms with van der Waals surface area (Å²) in [6.07, 6.45) is 5.65. The third-order valence-corrected chi connectivity index (χ3v) is 9.11. The maximum Gasteiger partial charge on any atom is 0.251 e.